The number of nitrogens with zero attached hydrogens (tertiary/aromatic N) is 1. The summed E-state index contributed by atoms with van der Waals surface area (Å²) in [7, 11) is 1.89. The first-order valence-electron chi connectivity index (χ1n) is 5.58. The summed E-state index contributed by atoms with van der Waals surface area (Å²) in [6, 6.07) is 3.90. The Morgan fingerprint density at radius 3 is 3.00 bits per heavy atom. The zero-order valence-corrected chi connectivity index (χ0v) is 10.2. The minimum Gasteiger partial charge on any atom is -0.388 e. The Balaban J connectivity index is 2.35. The van der Waals surface area contributed by atoms with Crippen LogP contribution in [0.3, 0.4) is 0 Å². The molecule has 0 saturated carbocycles. The fraction of sp³-hybridized carbons (Fsp3) is 0.583. The zero-order chi connectivity index (χ0) is 11.8. The molecule has 1 rings (SSSR count). The molecule has 1 aromatic rings. The highest BCUT2D eigenvalue weighted by Gasteiger charge is 2.03. The lowest BCUT2D eigenvalue weighted by atomic mass is 10.3. The molecule has 0 radical (unpaired) electrons. The van der Waals surface area contributed by atoms with Crippen LogP contribution in [0.25, 0.3) is 0 Å². The maximum Gasteiger partial charge on any atom is 0.0893 e. The van der Waals surface area contributed by atoms with Crippen LogP contribution < -0.4 is 5.32 Å². The van der Waals surface area contributed by atoms with Gasteiger partial charge in [0.15, 0.2) is 0 Å². The Bertz CT molecular complexity index is 305. The van der Waals surface area contributed by atoms with E-state index in [1.807, 2.05) is 33.0 Å². The predicted octanol–water partition coefficient (Wildman–Crippen LogP) is 2.06. The third kappa shape index (κ3) is 4.59. The summed E-state index contributed by atoms with van der Waals surface area (Å²) in [5.41, 5.74) is 1.97. The lowest BCUT2D eigenvalue weighted by molar-refractivity contribution is -0.0127. The highest BCUT2D eigenvalue weighted by atomic mass is 16.5. The molecule has 1 heterocycles. The number of hydrogen-bond donors (Lipinski definition) is 1. The molecule has 90 valence electrons. The molecule has 0 aromatic carbocycles. The summed E-state index contributed by atoms with van der Waals surface area (Å²) in [6.45, 7) is 5.84. The van der Waals surface area contributed by atoms with Gasteiger partial charge in [0.1, 0.15) is 0 Å². The third-order valence-electron chi connectivity index (χ3n) is 2.18. The normalized spacial score (nSPS) is 12.4. The van der Waals surface area contributed by atoms with Crippen molar-refractivity contribution in [3.63, 3.8) is 0 Å². The van der Waals surface area contributed by atoms with E-state index in [1.165, 1.54) is 0 Å². The minimum atomic E-state index is 0.0972. The van der Waals surface area contributed by atoms with Crippen molar-refractivity contribution in [3.8, 4) is 0 Å². The molecule has 0 aliphatic rings. The predicted molar refractivity (Wildman–Crippen MR) is 64.5 cm³/mol. The summed E-state index contributed by atoms with van der Waals surface area (Å²) in [5.74, 6) is 0. The lowest BCUT2D eigenvalue weighted by Crippen LogP contribution is -2.16. The Labute approximate surface area is 97.0 Å². The number of hydrogen-bond acceptors (Lipinski definition) is 4. The first kappa shape index (κ1) is 12.9. The number of nitrogens with one attached hydrogen (secondary N) is 1. The van der Waals surface area contributed by atoms with Gasteiger partial charge in [-0.25, -0.2) is 0 Å². The van der Waals surface area contributed by atoms with E-state index >= 15 is 0 Å². The van der Waals surface area contributed by atoms with Gasteiger partial charge in [0, 0.05) is 25.5 Å². The standard InChI is InChI=1S/C12H20N2O2/c1-4-15-8-10(2)16-9-12-7-11(13-3)5-6-14-12/h5-7,10H,4,8-9H2,1-3H3,(H,13,14). The summed E-state index contributed by atoms with van der Waals surface area (Å²) in [6.07, 6.45) is 1.87. The smallest absolute Gasteiger partial charge is 0.0893 e. The molecule has 4 nitrogen and oxygen atoms in total. The molecule has 0 amide bonds. The molecule has 0 saturated heterocycles. The second-order valence-corrected chi connectivity index (χ2v) is 3.57. The fourth-order valence-electron chi connectivity index (χ4n) is 1.27. The van der Waals surface area contributed by atoms with Crippen LogP contribution in [0.4, 0.5) is 5.69 Å². The van der Waals surface area contributed by atoms with Gasteiger partial charge in [-0.2, -0.15) is 0 Å². The van der Waals surface area contributed by atoms with Crippen molar-refractivity contribution in [2.45, 2.75) is 26.6 Å². The molecule has 0 fully saturated rings. The SMILES string of the molecule is CCOCC(C)OCc1cc(NC)ccn1. The van der Waals surface area contributed by atoms with Gasteiger partial charge in [-0.3, -0.25) is 4.98 Å². The number of ether oxygens (including phenoxy) is 2. The van der Waals surface area contributed by atoms with E-state index in [-0.39, 0.29) is 6.10 Å². The van der Waals surface area contributed by atoms with Gasteiger partial charge in [0.25, 0.3) is 0 Å². The minimum absolute atomic E-state index is 0.0972. The molecule has 0 aliphatic carbocycles. The first-order chi connectivity index (χ1) is 7.76. The summed E-state index contributed by atoms with van der Waals surface area (Å²) < 4.78 is 10.9. The molecule has 0 spiro atoms. The largest absolute Gasteiger partial charge is 0.388 e. The van der Waals surface area contributed by atoms with Crippen LogP contribution in [0.1, 0.15) is 19.5 Å². The summed E-state index contributed by atoms with van der Waals surface area (Å²) in [5, 5.41) is 3.07. The molecular weight excluding hydrogens is 204 g/mol. The molecule has 16 heavy (non-hydrogen) atoms. The zero-order valence-electron chi connectivity index (χ0n) is 10.2. The molecule has 0 bridgehead atoms. The second kappa shape index (κ2) is 7.19. The van der Waals surface area contributed by atoms with E-state index in [9.17, 15) is 0 Å². The van der Waals surface area contributed by atoms with E-state index in [0.717, 1.165) is 18.0 Å². The van der Waals surface area contributed by atoms with Gasteiger partial charge in [-0.15, -0.1) is 0 Å². The average Bonchev–Trinajstić information content (AvgIpc) is 2.34. The second-order valence-electron chi connectivity index (χ2n) is 3.57. The van der Waals surface area contributed by atoms with Crippen molar-refractivity contribution in [3.05, 3.63) is 24.0 Å². The molecule has 1 atom stereocenters. The lowest BCUT2D eigenvalue weighted by Gasteiger charge is -2.12. The molecule has 1 N–H and O–H groups in total. The molecule has 1 unspecified atom stereocenters. The van der Waals surface area contributed by atoms with Crippen LogP contribution in [0, 0.1) is 0 Å². The van der Waals surface area contributed by atoms with Crippen LogP contribution in [-0.4, -0.2) is 31.3 Å². The molecular formula is C12H20N2O2. The summed E-state index contributed by atoms with van der Waals surface area (Å²) >= 11 is 0. The number of pyridine rings is 1. The average molecular weight is 224 g/mol. The van der Waals surface area contributed by atoms with Gasteiger partial charge in [-0.1, -0.05) is 0 Å². The van der Waals surface area contributed by atoms with Crippen molar-refractivity contribution in [1.29, 1.82) is 0 Å². The van der Waals surface area contributed by atoms with Gasteiger partial charge in [0.2, 0.25) is 0 Å². The number of rotatable bonds is 7. The van der Waals surface area contributed by atoms with Crippen LogP contribution in [0.5, 0.6) is 0 Å². The summed E-state index contributed by atoms with van der Waals surface area (Å²) in [4.78, 5) is 4.23. The highest BCUT2D eigenvalue weighted by Crippen LogP contribution is 2.08. The quantitative estimate of drug-likeness (QED) is 0.770. The van der Waals surface area contributed by atoms with E-state index in [4.69, 9.17) is 9.47 Å². The van der Waals surface area contributed by atoms with Crippen molar-refractivity contribution in [2.24, 2.45) is 0 Å². The first-order valence-corrected chi connectivity index (χ1v) is 5.58. The Morgan fingerprint density at radius 1 is 1.50 bits per heavy atom. The fourth-order valence-corrected chi connectivity index (χ4v) is 1.27. The van der Waals surface area contributed by atoms with Crippen LogP contribution in [0.15, 0.2) is 18.3 Å². The Hall–Kier alpha value is -1.13. The van der Waals surface area contributed by atoms with Gasteiger partial charge >= 0.3 is 0 Å². The van der Waals surface area contributed by atoms with Crippen molar-refractivity contribution >= 4 is 5.69 Å². The Kier molecular flexibility index (Phi) is 5.82. The third-order valence-corrected chi connectivity index (χ3v) is 2.18. The van der Waals surface area contributed by atoms with Gasteiger partial charge in [0.05, 0.1) is 25.0 Å². The van der Waals surface area contributed by atoms with Crippen molar-refractivity contribution < 1.29 is 9.47 Å². The van der Waals surface area contributed by atoms with Crippen molar-refractivity contribution in [2.75, 3.05) is 25.6 Å². The van der Waals surface area contributed by atoms with Crippen LogP contribution >= 0.6 is 0 Å². The van der Waals surface area contributed by atoms with Crippen LogP contribution in [-0.2, 0) is 16.1 Å². The monoisotopic (exact) mass is 224 g/mol. The van der Waals surface area contributed by atoms with Crippen LogP contribution in [0.2, 0.25) is 0 Å². The topological polar surface area (TPSA) is 43.4 Å². The van der Waals surface area contributed by atoms with E-state index in [2.05, 4.69) is 10.3 Å². The molecule has 4 heteroatoms. The molecule has 0 aliphatic heterocycles. The van der Waals surface area contributed by atoms with Crippen molar-refractivity contribution in [1.82, 2.24) is 4.98 Å². The molecule has 1 aromatic heterocycles. The van der Waals surface area contributed by atoms with E-state index in [1.54, 1.807) is 6.20 Å². The maximum absolute atomic E-state index is 5.61. The number of aromatic nitrogens is 1. The Morgan fingerprint density at radius 2 is 2.31 bits per heavy atom. The van der Waals surface area contributed by atoms with E-state index in [0.29, 0.717) is 13.2 Å². The van der Waals surface area contributed by atoms with Gasteiger partial charge in [-0.05, 0) is 26.0 Å². The highest BCUT2D eigenvalue weighted by molar-refractivity contribution is 5.42. The number of anilines is 1. The van der Waals surface area contributed by atoms with Gasteiger partial charge < -0.3 is 14.8 Å². The maximum atomic E-state index is 5.61. The van der Waals surface area contributed by atoms with E-state index < -0.39 is 0 Å².